The third kappa shape index (κ3) is 6.33. The molecule has 200 valence electrons. The van der Waals surface area contributed by atoms with E-state index in [1.165, 1.54) is 0 Å². The predicted molar refractivity (Wildman–Crippen MR) is 150 cm³/mol. The van der Waals surface area contributed by atoms with Crippen LogP contribution in [-0.4, -0.2) is 40.5 Å². The van der Waals surface area contributed by atoms with Gasteiger partial charge in [-0.05, 0) is 94.0 Å². The number of amides is 3. The third-order valence-corrected chi connectivity index (χ3v) is 6.78. The predicted octanol–water partition coefficient (Wildman–Crippen LogP) is 6.04. The molecule has 1 saturated carbocycles. The van der Waals surface area contributed by atoms with Crippen molar-refractivity contribution in [2.24, 2.45) is 0 Å². The number of fused-ring (bicyclic) bond motifs is 1. The van der Waals surface area contributed by atoms with Crippen molar-refractivity contribution in [2.75, 3.05) is 5.32 Å². The van der Waals surface area contributed by atoms with E-state index in [1.54, 1.807) is 32.6 Å². The molecule has 2 unspecified atom stereocenters. The monoisotopic (exact) mass is 515 g/mol. The summed E-state index contributed by atoms with van der Waals surface area (Å²) < 4.78 is 5.36. The Kier molecular flexibility index (Phi) is 7.76. The lowest BCUT2D eigenvalue weighted by Gasteiger charge is -2.34. The summed E-state index contributed by atoms with van der Waals surface area (Å²) in [6, 6.07) is 17.7. The molecular formula is C31H37N3O4. The van der Waals surface area contributed by atoms with Crippen molar-refractivity contribution in [2.45, 2.75) is 78.1 Å². The van der Waals surface area contributed by atoms with Gasteiger partial charge in [0.2, 0.25) is 5.91 Å². The van der Waals surface area contributed by atoms with Gasteiger partial charge in [-0.1, -0.05) is 48.5 Å². The summed E-state index contributed by atoms with van der Waals surface area (Å²) in [5, 5.41) is 7.81. The maximum absolute atomic E-state index is 14.0. The molecule has 4 rings (SSSR count). The average Bonchev–Trinajstić information content (AvgIpc) is 3.68. The molecule has 7 heteroatoms. The number of benzene rings is 3. The van der Waals surface area contributed by atoms with Gasteiger partial charge in [-0.3, -0.25) is 9.59 Å². The van der Waals surface area contributed by atoms with Crippen molar-refractivity contribution in [1.29, 1.82) is 0 Å². The van der Waals surface area contributed by atoms with Crippen LogP contribution in [0.25, 0.3) is 10.8 Å². The molecule has 3 aromatic rings. The lowest BCUT2D eigenvalue weighted by atomic mass is 9.95. The Balaban J connectivity index is 1.67. The van der Waals surface area contributed by atoms with Crippen LogP contribution in [0, 0.1) is 13.8 Å². The quantitative estimate of drug-likeness (QED) is 0.402. The summed E-state index contributed by atoms with van der Waals surface area (Å²) in [6.45, 7) is 10.9. The Bertz CT molecular complexity index is 1360. The summed E-state index contributed by atoms with van der Waals surface area (Å²) in [6.07, 6.45) is 0.934. The molecule has 1 aliphatic carbocycles. The van der Waals surface area contributed by atoms with E-state index in [4.69, 9.17) is 4.74 Å². The van der Waals surface area contributed by atoms with Crippen LogP contribution in [0.4, 0.5) is 10.5 Å². The van der Waals surface area contributed by atoms with E-state index >= 15 is 0 Å². The number of rotatable bonds is 7. The van der Waals surface area contributed by atoms with Crippen molar-refractivity contribution in [3.63, 3.8) is 0 Å². The lowest BCUT2D eigenvalue weighted by molar-refractivity contribution is -0.141. The van der Waals surface area contributed by atoms with Crippen molar-refractivity contribution in [3.8, 4) is 0 Å². The second-order valence-corrected chi connectivity index (χ2v) is 11.1. The smallest absolute Gasteiger partial charge is 0.408 e. The number of ether oxygens (including phenoxy) is 1. The van der Waals surface area contributed by atoms with Crippen LogP contribution < -0.4 is 10.6 Å². The Labute approximate surface area is 224 Å². The zero-order valence-electron chi connectivity index (χ0n) is 23.0. The normalized spacial score (nSPS) is 14.9. The summed E-state index contributed by atoms with van der Waals surface area (Å²) in [5.74, 6) is -0.614. The van der Waals surface area contributed by atoms with E-state index in [2.05, 4.69) is 10.6 Å². The van der Waals surface area contributed by atoms with Gasteiger partial charge in [0.25, 0.3) is 5.91 Å². The number of hydrogen-bond donors (Lipinski definition) is 2. The minimum atomic E-state index is -0.869. The van der Waals surface area contributed by atoms with Gasteiger partial charge in [0.05, 0.1) is 0 Å². The molecule has 2 atom stereocenters. The highest BCUT2D eigenvalue weighted by Gasteiger charge is 2.43. The average molecular weight is 516 g/mol. The number of aryl methyl sites for hydroxylation is 1. The van der Waals surface area contributed by atoms with Crippen LogP contribution in [0.2, 0.25) is 0 Å². The van der Waals surface area contributed by atoms with Crippen LogP contribution in [0.5, 0.6) is 0 Å². The first-order valence-electron chi connectivity index (χ1n) is 13.1. The van der Waals surface area contributed by atoms with Crippen molar-refractivity contribution >= 4 is 34.4 Å². The van der Waals surface area contributed by atoms with Gasteiger partial charge in [0, 0.05) is 11.7 Å². The molecule has 0 bridgehead atoms. The van der Waals surface area contributed by atoms with E-state index in [9.17, 15) is 14.4 Å². The number of nitrogens with one attached hydrogen (secondary N) is 2. The molecule has 0 aliphatic heterocycles. The van der Waals surface area contributed by atoms with Crippen LogP contribution in [0.1, 0.15) is 63.3 Å². The summed E-state index contributed by atoms with van der Waals surface area (Å²) in [4.78, 5) is 41.9. The van der Waals surface area contributed by atoms with Gasteiger partial charge in [-0.15, -0.1) is 0 Å². The number of nitrogens with zero attached hydrogens (tertiary/aromatic N) is 1. The number of anilines is 1. The van der Waals surface area contributed by atoms with Gasteiger partial charge in [0.1, 0.15) is 17.7 Å². The number of carbonyl (C=O) groups excluding carboxylic acids is 3. The Hall–Kier alpha value is -3.87. The number of alkyl carbamates (subject to hydrolysis) is 1. The standard InChI is InChI=1S/C31H37N3O4/c1-19-10-9-13-26(20(19)2)27(28(35)33-24-15-14-22-11-7-8-12-23(22)18-24)34(25-16-17-25)29(36)21(3)32-30(37)38-31(4,5)6/h7-15,18,21,25,27H,16-17H2,1-6H3,(H,32,37)(H,33,35). The molecule has 3 aromatic carbocycles. The molecule has 1 fully saturated rings. The molecule has 0 aromatic heterocycles. The van der Waals surface area contributed by atoms with Crippen LogP contribution in [-0.2, 0) is 14.3 Å². The number of hydrogen-bond acceptors (Lipinski definition) is 4. The second-order valence-electron chi connectivity index (χ2n) is 11.1. The van der Waals surface area contributed by atoms with Crippen LogP contribution in [0.3, 0.4) is 0 Å². The summed E-state index contributed by atoms with van der Waals surface area (Å²) >= 11 is 0. The van der Waals surface area contributed by atoms with Gasteiger partial charge < -0.3 is 20.3 Å². The molecule has 38 heavy (non-hydrogen) atoms. The zero-order valence-corrected chi connectivity index (χ0v) is 23.0. The molecule has 0 heterocycles. The fourth-order valence-electron chi connectivity index (χ4n) is 4.61. The van der Waals surface area contributed by atoms with Gasteiger partial charge >= 0.3 is 6.09 Å². The molecule has 0 saturated heterocycles. The molecule has 2 N–H and O–H groups in total. The van der Waals surface area contributed by atoms with Gasteiger partial charge in [-0.25, -0.2) is 4.79 Å². The topological polar surface area (TPSA) is 87.7 Å². The van der Waals surface area contributed by atoms with E-state index in [0.717, 1.165) is 40.3 Å². The van der Waals surface area contributed by atoms with E-state index < -0.39 is 23.8 Å². The van der Waals surface area contributed by atoms with Crippen molar-refractivity contribution in [3.05, 3.63) is 77.4 Å². The molecule has 1 aliphatic rings. The van der Waals surface area contributed by atoms with Gasteiger partial charge in [0.15, 0.2) is 0 Å². The highest BCUT2D eigenvalue weighted by molar-refractivity contribution is 6.00. The Morgan fingerprint density at radius 2 is 1.63 bits per heavy atom. The highest BCUT2D eigenvalue weighted by atomic mass is 16.6. The van der Waals surface area contributed by atoms with Gasteiger partial charge in [-0.2, -0.15) is 0 Å². The maximum atomic E-state index is 14.0. The minimum Gasteiger partial charge on any atom is -0.444 e. The first kappa shape index (κ1) is 27.2. The Morgan fingerprint density at radius 3 is 2.29 bits per heavy atom. The first-order valence-corrected chi connectivity index (χ1v) is 13.1. The highest BCUT2D eigenvalue weighted by Crippen LogP contribution is 2.37. The minimum absolute atomic E-state index is 0.0855. The molecular weight excluding hydrogens is 478 g/mol. The largest absolute Gasteiger partial charge is 0.444 e. The summed E-state index contributed by atoms with van der Waals surface area (Å²) in [7, 11) is 0. The van der Waals surface area contributed by atoms with E-state index in [0.29, 0.717) is 5.69 Å². The van der Waals surface area contributed by atoms with E-state index in [1.807, 2.05) is 74.5 Å². The summed E-state index contributed by atoms with van der Waals surface area (Å²) in [5.41, 5.74) is 2.73. The molecule has 0 radical (unpaired) electrons. The third-order valence-electron chi connectivity index (χ3n) is 6.78. The molecule has 7 nitrogen and oxygen atoms in total. The Morgan fingerprint density at radius 1 is 0.947 bits per heavy atom. The zero-order chi connectivity index (χ0) is 27.6. The second kappa shape index (κ2) is 10.9. The fourth-order valence-corrected chi connectivity index (χ4v) is 4.61. The maximum Gasteiger partial charge on any atom is 0.408 e. The number of carbonyl (C=O) groups is 3. The molecule has 3 amide bonds. The van der Waals surface area contributed by atoms with Crippen molar-refractivity contribution in [1.82, 2.24) is 10.2 Å². The van der Waals surface area contributed by atoms with E-state index in [-0.39, 0.29) is 17.9 Å². The van der Waals surface area contributed by atoms with Crippen LogP contribution in [0.15, 0.2) is 60.7 Å². The molecule has 0 spiro atoms. The SMILES string of the molecule is Cc1cccc(C(C(=O)Nc2ccc3ccccc3c2)N(C(=O)C(C)NC(=O)OC(C)(C)C)C2CC2)c1C. The first-order chi connectivity index (χ1) is 17.9. The van der Waals surface area contributed by atoms with Crippen molar-refractivity contribution < 1.29 is 19.1 Å². The lowest BCUT2D eigenvalue weighted by Crippen LogP contribution is -2.52. The van der Waals surface area contributed by atoms with Crippen LogP contribution >= 0.6 is 0 Å². The fraction of sp³-hybridized carbons (Fsp3) is 0.387.